The number of esters is 2. The minimum absolute atomic E-state index is 0.0125. The predicted molar refractivity (Wildman–Crippen MR) is 259 cm³/mol. The van der Waals surface area contributed by atoms with E-state index >= 15 is 0 Å². The third kappa shape index (κ3) is 29.9. The number of allylic oxidation sites excluding steroid dienone is 4. The van der Waals surface area contributed by atoms with E-state index in [0.717, 1.165) is 57.8 Å². The molecule has 0 radical (unpaired) electrons. The summed E-state index contributed by atoms with van der Waals surface area (Å²) in [5.74, 6) is 1.49. The van der Waals surface area contributed by atoms with Gasteiger partial charge in [0.15, 0.2) is 6.10 Å². The number of carbonyl (C=O) groups excluding carboxylic acids is 2. The average molecular weight is 921 g/mol. The number of phosphoric ester groups is 1. The molecular formula is C52H91NO10P+. The molecule has 2 heterocycles. The lowest BCUT2D eigenvalue weighted by atomic mass is 10.0. The number of phosphoric acid groups is 1. The van der Waals surface area contributed by atoms with E-state index in [1.54, 1.807) is 0 Å². The summed E-state index contributed by atoms with van der Waals surface area (Å²) in [6.07, 6.45) is 38.9. The van der Waals surface area contributed by atoms with Crippen LogP contribution in [0.25, 0.3) is 0 Å². The molecule has 2 rings (SSSR count). The van der Waals surface area contributed by atoms with Crippen LogP contribution in [0.3, 0.4) is 0 Å². The Morgan fingerprint density at radius 3 is 1.80 bits per heavy atom. The van der Waals surface area contributed by atoms with Gasteiger partial charge in [-0.3, -0.25) is 18.6 Å². The summed E-state index contributed by atoms with van der Waals surface area (Å²) in [7, 11) is 1.41. The number of unbranched alkanes of at least 4 members (excludes halogenated alkanes) is 15. The van der Waals surface area contributed by atoms with Crippen molar-refractivity contribution in [1.82, 2.24) is 0 Å². The lowest BCUT2D eigenvalue weighted by molar-refractivity contribution is -0.870. The minimum Gasteiger partial charge on any atom is -0.466 e. The fourth-order valence-electron chi connectivity index (χ4n) is 7.40. The predicted octanol–water partition coefficient (Wildman–Crippen LogP) is 13.1. The van der Waals surface area contributed by atoms with Gasteiger partial charge in [-0.15, -0.1) is 0 Å². The molecule has 3 unspecified atom stereocenters. The van der Waals surface area contributed by atoms with Crippen molar-refractivity contribution in [3.63, 3.8) is 0 Å². The smallest absolute Gasteiger partial charge is 0.466 e. The van der Waals surface area contributed by atoms with Crippen LogP contribution < -0.4 is 0 Å². The number of rotatable bonds is 41. The average Bonchev–Trinajstić information content (AvgIpc) is 3.95. The fourth-order valence-corrected chi connectivity index (χ4v) is 8.14. The molecule has 1 N–H and O–H groups in total. The Morgan fingerprint density at radius 1 is 0.656 bits per heavy atom. The maximum absolute atomic E-state index is 12.8. The third-order valence-electron chi connectivity index (χ3n) is 11.8. The molecule has 64 heavy (non-hydrogen) atoms. The largest absolute Gasteiger partial charge is 0.472 e. The minimum atomic E-state index is -4.41. The zero-order chi connectivity index (χ0) is 46.9. The van der Waals surface area contributed by atoms with E-state index in [0.29, 0.717) is 30.3 Å². The molecule has 1 aromatic rings. The molecule has 368 valence electrons. The molecule has 1 aliphatic heterocycles. The summed E-state index contributed by atoms with van der Waals surface area (Å²) in [5.41, 5.74) is 2.69. The molecule has 1 saturated heterocycles. The summed E-state index contributed by atoms with van der Waals surface area (Å²) in [5, 5.41) is 0. The van der Waals surface area contributed by atoms with Crippen molar-refractivity contribution in [3.8, 4) is 0 Å². The molecule has 0 amide bonds. The van der Waals surface area contributed by atoms with Gasteiger partial charge in [0.05, 0.1) is 40.0 Å². The Morgan fingerprint density at radius 2 is 1.17 bits per heavy atom. The van der Waals surface area contributed by atoms with Crippen LogP contribution in [0.5, 0.6) is 0 Å². The van der Waals surface area contributed by atoms with E-state index in [9.17, 15) is 19.0 Å². The monoisotopic (exact) mass is 921 g/mol. The molecule has 0 aromatic carbocycles. The fraction of sp³-hybridized carbons (Fsp3) is 0.769. The second-order valence-electron chi connectivity index (χ2n) is 18.8. The Bertz CT molecular complexity index is 1530. The summed E-state index contributed by atoms with van der Waals surface area (Å²) in [6.45, 7) is 8.67. The van der Waals surface area contributed by atoms with E-state index in [1.165, 1.54) is 99.7 Å². The van der Waals surface area contributed by atoms with Gasteiger partial charge in [-0.2, -0.15) is 0 Å². The maximum Gasteiger partial charge on any atom is 0.472 e. The van der Waals surface area contributed by atoms with Crippen molar-refractivity contribution in [2.45, 2.75) is 213 Å². The Balaban J connectivity index is 1.61. The Hall–Kier alpha value is -2.53. The highest BCUT2D eigenvalue weighted by Gasteiger charge is 2.36. The van der Waals surface area contributed by atoms with Crippen LogP contribution in [0, 0.1) is 13.8 Å². The van der Waals surface area contributed by atoms with E-state index in [1.807, 2.05) is 21.1 Å². The molecule has 0 spiro atoms. The maximum atomic E-state index is 12.8. The molecule has 11 nitrogen and oxygen atoms in total. The van der Waals surface area contributed by atoms with Crippen molar-refractivity contribution in [2.75, 3.05) is 47.5 Å². The highest BCUT2D eigenvalue weighted by molar-refractivity contribution is 7.47. The standard InChI is InChI=1S/C52H90NO10P/c1-8-10-12-13-14-17-21-24-30-36-49-50(63-49)37-31-26-27-33-39-52(55)61-46(43-60-64(56,57)59-41-40-53(5,6)7)42-58-51(54)38-32-25-22-19-16-15-18-20-23-29-35-48-45(4)44(3)47(62-48)34-28-11-9-2/h14,17,24,26,30-31,46,49-50H,8-13,15-16,18-23,25,27-29,32-43H2,1-7H3/p+1/b17-14-,30-24-,31-26-/t46-,49?,50?/m1/s1. The lowest BCUT2D eigenvalue weighted by Crippen LogP contribution is -2.37. The number of quaternary nitrogens is 1. The van der Waals surface area contributed by atoms with E-state index in [2.05, 4.69) is 64.2 Å². The third-order valence-corrected chi connectivity index (χ3v) is 12.8. The quantitative estimate of drug-likeness (QED) is 0.0169. The molecule has 1 aliphatic rings. The Kier molecular flexibility index (Phi) is 31.3. The zero-order valence-electron chi connectivity index (χ0n) is 41.4. The number of hydrogen-bond donors (Lipinski definition) is 1. The van der Waals surface area contributed by atoms with Gasteiger partial charge < -0.3 is 28.0 Å². The SMILES string of the molecule is CCCCC/C=C\C/C=C\CC1OC1C/C=C\CCCC(=O)O[C@H](COC(=O)CCCCCCCCCCCCc1oc(CCCCC)c(C)c1C)COP(=O)(O)OCC[N+](C)(C)C. The number of carbonyl (C=O) groups is 2. The van der Waals surface area contributed by atoms with Gasteiger partial charge in [0.25, 0.3) is 0 Å². The van der Waals surface area contributed by atoms with Gasteiger partial charge in [0.2, 0.25) is 0 Å². The van der Waals surface area contributed by atoms with Crippen LogP contribution >= 0.6 is 7.82 Å². The van der Waals surface area contributed by atoms with Crippen molar-refractivity contribution in [3.05, 3.63) is 59.1 Å². The number of nitrogens with zero attached hydrogens (tertiary/aromatic N) is 1. The first-order valence-electron chi connectivity index (χ1n) is 25.2. The number of ether oxygens (including phenoxy) is 3. The Labute approximate surface area is 389 Å². The molecule has 1 aromatic heterocycles. The van der Waals surface area contributed by atoms with Crippen molar-refractivity contribution < 1.29 is 51.2 Å². The molecular weight excluding hydrogens is 830 g/mol. The van der Waals surface area contributed by atoms with Crippen molar-refractivity contribution in [1.29, 1.82) is 0 Å². The normalized spacial score (nSPS) is 16.9. The van der Waals surface area contributed by atoms with Crippen LogP contribution in [-0.2, 0) is 50.3 Å². The van der Waals surface area contributed by atoms with Crippen LogP contribution in [0.1, 0.15) is 191 Å². The summed E-state index contributed by atoms with van der Waals surface area (Å²) in [6, 6.07) is 0. The van der Waals surface area contributed by atoms with Gasteiger partial charge >= 0.3 is 19.8 Å². The van der Waals surface area contributed by atoms with E-state index in [4.69, 9.17) is 27.7 Å². The first kappa shape index (κ1) is 57.6. The van der Waals surface area contributed by atoms with Crippen LogP contribution in [0.4, 0.5) is 0 Å². The van der Waals surface area contributed by atoms with Gasteiger partial charge in [-0.25, -0.2) is 4.57 Å². The summed E-state index contributed by atoms with van der Waals surface area (Å²) < 4.78 is 46.5. The van der Waals surface area contributed by atoms with Crippen LogP contribution in [0.2, 0.25) is 0 Å². The molecule has 0 saturated carbocycles. The van der Waals surface area contributed by atoms with Crippen molar-refractivity contribution in [2.24, 2.45) is 0 Å². The lowest BCUT2D eigenvalue weighted by Gasteiger charge is -2.24. The summed E-state index contributed by atoms with van der Waals surface area (Å²) >= 11 is 0. The number of likely N-dealkylation sites (N-methyl/N-ethyl adjacent to an activating group) is 1. The first-order valence-corrected chi connectivity index (χ1v) is 26.7. The molecule has 1 fully saturated rings. The highest BCUT2D eigenvalue weighted by Crippen LogP contribution is 2.43. The zero-order valence-corrected chi connectivity index (χ0v) is 42.3. The van der Waals surface area contributed by atoms with E-state index in [-0.39, 0.29) is 38.3 Å². The topological polar surface area (TPSA) is 134 Å². The van der Waals surface area contributed by atoms with Gasteiger partial charge in [-0.1, -0.05) is 127 Å². The highest BCUT2D eigenvalue weighted by atomic mass is 31.2. The number of furan rings is 1. The number of aryl methyl sites for hydroxylation is 2. The molecule has 4 atom stereocenters. The van der Waals surface area contributed by atoms with E-state index < -0.39 is 32.5 Å². The summed E-state index contributed by atoms with van der Waals surface area (Å²) in [4.78, 5) is 35.6. The number of epoxide rings is 1. The van der Waals surface area contributed by atoms with Crippen molar-refractivity contribution >= 4 is 19.8 Å². The number of hydrogen-bond acceptors (Lipinski definition) is 9. The second-order valence-corrected chi connectivity index (χ2v) is 20.3. The van der Waals surface area contributed by atoms with Gasteiger partial charge in [0.1, 0.15) is 31.3 Å². The van der Waals surface area contributed by atoms with Crippen LogP contribution in [0.15, 0.2) is 40.9 Å². The molecule has 12 heteroatoms. The second kappa shape index (κ2) is 34.7. The van der Waals surface area contributed by atoms with Gasteiger partial charge in [0, 0.05) is 25.7 Å². The van der Waals surface area contributed by atoms with Crippen LogP contribution in [-0.4, -0.2) is 87.1 Å². The molecule has 0 aliphatic carbocycles. The first-order chi connectivity index (χ1) is 30.7. The van der Waals surface area contributed by atoms with Gasteiger partial charge in [-0.05, 0) is 89.2 Å². The molecule has 0 bridgehead atoms.